The van der Waals surface area contributed by atoms with E-state index in [0.717, 1.165) is 0 Å². The Morgan fingerprint density at radius 2 is 1.35 bits per heavy atom. The van der Waals surface area contributed by atoms with E-state index in [1.807, 2.05) is 19.0 Å². The molecule has 0 aromatic carbocycles. The van der Waals surface area contributed by atoms with Crippen LogP contribution in [0.4, 0.5) is 0 Å². The minimum atomic E-state index is -2.01. The summed E-state index contributed by atoms with van der Waals surface area (Å²) in [5, 5.41) is 2.37. The molecule has 0 aromatic heterocycles. The third-order valence-corrected chi connectivity index (χ3v) is 3.65. The molecule has 0 bridgehead atoms. The van der Waals surface area contributed by atoms with Gasteiger partial charge in [0.1, 0.15) is 0 Å². The Kier molecular flexibility index (Phi) is 76.2. The minimum absolute atomic E-state index is 0. The Morgan fingerprint density at radius 1 is 1.00 bits per heavy atom. The Hall–Kier alpha value is 2.02. The molecule has 0 aliphatic carbocycles. The number of carbonyl (C=O) groups excluding carboxylic acids is 1. The fraction of sp³-hybridized carbons (Fsp3) is 0.750. The second-order valence-electron chi connectivity index (χ2n) is 3.30. The van der Waals surface area contributed by atoms with Crippen LogP contribution in [0.25, 0.3) is 0 Å². The van der Waals surface area contributed by atoms with Gasteiger partial charge in [-0.3, -0.25) is 13.9 Å². The first-order valence-electron chi connectivity index (χ1n) is 4.86. The Balaban J connectivity index is -0.0000000260. The third-order valence-electron chi connectivity index (χ3n) is 1.38. The molecule has 2 radical (unpaired) electrons. The van der Waals surface area contributed by atoms with Gasteiger partial charge >= 0.3 is 0 Å². The Morgan fingerprint density at radius 3 is 1.52 bits per heavy atom. The van der Waals surface area contributed by atoms with E-state index in [2.05, 4.69) is 14.4 Å². The summed E-state index contributed by atoms with van der Waals surface area (Å²) in [4.78, 5) is 12.0. The van der Waals surface area contributed by atoms with E-state index in [-0.39, 0.29) is 107 Å². The topological polar surface area (TPSA) is 84.9 Å². The van der Waals surface area contributed by atoms with E-state index in [1.54, 1.807) is 0 Å². The molecule has 0 aliphatic heterocycles. The largest absolute Gasteiger partial charge is 0.358 e. The summed E-state index contributed by atoms with van der Waals surface area (Å²) in [7, 11) is 2.78. The molecule has 1 N–H and O–H groups in total. The number of rotatable bonds is 6. The molecular formula is C12H36N2O5P2Y2-2. The van der Waals surface area contributed by atoms with Crippen molar-refractivity contribution in [1.82, 2.24) is 10.2 Å². The van der Waals surface area contributed by atoms with Crippen molar-refractivity contribution in [2.75, 3.05) is 40.9 Å². The zero-order chi connectivity index (χ0) is 13.8. The standard InChI is InChI=1S/C4H10NO3P.C4H12NO2P.2CH4.2CH3.2Y/c1-4(6)5-3-9(7)8-2;1-5(2)4-8(6)7-3;;;;;;/h9H,3H2,1-2H3,(H,5,6);8H,4H2,1-3H3;2*1H4;2*1H3;;/q;;;;2*-1;;. The van der Waals surface area contributed by atoms with Gasteiger partial charge in [0.2, 0.25) is 22.0 Å². The van der Waals surface area contributed by atoms with Gasteiger partial charge in [0.15, 0.2) is 0 Å². The molecule has 0 heterocycles. The summed E-state index contributed by atoms with van der Waals surface area (Å²) in [5.74, 6) is -0.189. The molecule has 7 nitrogen and oxygen atoms in total. The Labute approximate surface area is 196 Å². The maximum absolute atomic E-state index is 10.5. The number of amides is 1. The van der Waals surface area contributed by atoms with Crippen LogP contribution >= 0.6 is 16.1 Å². The first-order valence-corrected chi connectivity index (χ1v) is 7.91. The van der Waals surface area contributed by atoms with Crippen LogP contribution in [0.2, 0.25) is 0 Å². The van der Waals surface area contributed by atoms with Crippen LogP contribution in [0.1, 0.15) is 21.8 Å². The predicted octanol–water partition coefficient (Wildman–Crippen LogP) is 3.00. The van der Waals surface area contributed by atoms with Gasteiger partial charge in [0, 0.05) is 86.6 Å². The molecule has 11 heteroatoms. The van der Waals surface area contributed by atoms with Crippen molar-refractivity contribution in [2.45, 2.75) is 21.8 Å². The van der Waals surface area contributed by atoms with Gasteiger partial charge in [-0.15, -0.1) is 0 Å². The van der Waals surface area contributed by atoms with Crippen molar-refractivity contribution >= 4 is 22.0 Å². The summed E-state index contributed by atoms with van der Waals surface area (Å²) in [6, 6.07) is 0. The number of hydrogen-bond donors (Lipinski definition) is 1. The van der Waals surface area contributed by atoms with Crippen LogP contribution in [0.3, 0.4) is 0 Å². The van der Waals surface area contributed by atoms with Gasteiger partial charge in [-0.05, 0) is 14.1 Å². The molecule has 1 amide bonds. The molecule has 2 unspecified atom stereocenters. The van der Waals surface area contributed by atoms with Gasteiger partial charge in [-0.1, -0.05) is 14.9 Å². The molecule has 0 spiro atoms. The van der Waals surface area contributed by atoms with Crippen molar-refractivity contribution in [3.63, 3.8) is 0 Å². The average molecular weight is 528 g/mol. The zero-order valence-corrected chi connectivity index (χ0v) is 21.7. The molecule has 0 aromatic rings. The maximum Gasteiger partial charge on any atom is 0.217 e. The first-order chi connectivity index (χ1) is 7.83. The molecule has 142 valence electrons. The van der Waals surface area contributed by atoms with Crippen LogP contribution < -0.4 is 5.32 Å². The summed E-state index contributed by atoms with van der Waals surface area (Å²) < 4.78 is 30.0. The SMILES string of the molecule is C.C.CO[PH](=O)CN(C)C.CO[PH](=O)CNC(C)=O.[CH3-].[CH3-].[Y].[Y]. The molecule has 0 saturated carbocycles. The van der Waals surface area contributed by atoms with Crippen molar-refractivity contribution in [1.29, 1.82) is 0 Å². The first kappa shape index (κ1) is 49.8. The van der Waals surface area contributed by atoms with Crippen LogP contribution in [0, 0.1) is 14.9 Å². The molecule has 23 heavy (non-hydrogen) atoms. The zero-order valence-electron chi connectivity index (χ0n) is 14.1. The van der Waals surface area contributed by atoms with Crippen molar-refractivity contribution in [3.05, 3.63) is 14.9 Å². The van der Waals surface area contributed by atoms with Gasteiger partial charge in [0.05, 0.1) is 12.6 Å². The fourth-order valence-electron chi connectivity index (χ4n) is 0.592. The van der Waals surface area contributed by atoms with E-state index in [9.17, 15) is 13.9 Å². The molecule has 0 fully saturated rings. The fourth-order valence-corrected chi connectivity index (χ4v) is 1.77. The van der Waals surface area contributed by atoms with E-state index in [1.165, 1.54) is 21.1 Å². The minimum Gasteiger partial charge on any atom is -0.358 e. The second kappa shape index (κ2) is 35.2. The van der Waals surface area contributed by atoms with Gasteiger partial charge in [0.25, 0.3) is 0 Å². The van der Waals surface area contributed by atoms with Crippen molar-refractivity contribution in [2.24, 2.45) is 0 Å². The summed E-state index contributed by atoms with van der Waals surface area (Å²) in [6.45, 7) is 1.37. The Bertz CT molecular complexity index is 274. The maximum atomic E-state index is 10.5. The molecule has 2 atom stereocenters. The van der Waals surface area contributed by atoms with E-state index in [4.69, 9.17) is 0 Å². The van der Waals surface area contributed by atoms with Crippen LogP contribution in [0.5, 0.6) is 0 Å². The summed E-state index contributed by atoms with van der Waals surface area (Å²) >= 11 is 0. The molecule has 0 rings (SSSR count). The average Bonchev–Trinajstić information content (AvgIpc) is 2.25. The number of hydrogen-bond acceptors (Lipinski definition) is 6. The number of carbonyl (C=O) groups is 1. The number of nitrogens with zero attached hydrogens (tertiary/aromatic N) is 1. The third kappa shape index (κ3) is 51.6. The van der Waals surface area contributed by atoms with Gasteiger partial charge < -0.3 is 34.1 Å². The van der Waals surface area contributed by atoms with Crippen molar-refractivity contribution in [3.8, 4) is 0 Å². The summed E-state index contributed by atoms with van der Waals surface area (Å²) in [6.07, 6.45) is 0.678. The molecule has 0 aliphatic rings. The number of nitrogens with one attached hydrogen (secondary N) is 1. The van der Waals surface area contributed by atoms with E-state index < -0.39 is 16.1 Å². The van der Waals surface area contributed by atoms with Crippen LogP contribution in [0.15, 0.2) is 0 Å². The monoisotopic (exact) mass is 528 g/mol. The second-order valence-corrected chi connectivity index (χ2v) is 6.27. The summed E-state index contributed by atoms with van der Waals surface area (Å²) in [5.41, 5.74) is 0. The quantitative estimate of drug-likeness (QED) is 0.422. The normalized spacial score (nSPS) is 10.0. The van der Waals surface area contributed by atoms with E-state index >= 15 is 0 Å². The van der Waals surface area contributed by atoms with E-state index in [0.29, 0.717) is 6.29 Å². The van der Waals surface area contributed by atoms with Crippen LogP contribution in [-0.2, 0) is 88.4 Å². The molecular weight excluding hydrogens is 492 g/mol. The van der Waals surface area contributed by atoms with Gasteiger partial charge in [-0.25, -0.2) is 0 Å². The molecule has 0 saturated heterocycles. The van der Waals surface area contributed by atoms with Crippen molar-refractivity contribution < 1.29 is 88.4 Å². The van der Waals surface area contributed by atoms with Gasteiger partial charge in [-0.2, -0.15) is 0 Å². The smallest absolute Gasteiger partial charge is 0.217 e. The van der Waals surface area contributed by atoms with Crippen LogP contribution in [-0.4, -0.2) is 51.7 Å². The predicted molar refractivity (Wildman–Crippen MR) is 95.5 cm³/mol.